The number of nitrogens with zero attached hydrogens (tertiary/aromatic N) is 2. The van der Waals surface area contributed by atoms with Gasteiger partial charge in [-0.15, -0.1) is 0 Å². The summed E-state index contributed by atoms with van der Waals surface area (Å²) in [4.78, 5) is 15.6. The van der Waals surface area contributed by atoms with Gasteiger partial charge in [-0.05, 0) is 25.7 Å². The Kier molecular flexibility index (Phi) is 2.37. The second kappa shape index (κ2) is 3.53. The first-order chi connectivity index (χ1) is 6.66. The highest BCUT2D eigenvalue weighted by Crippen LogP contribution is 2.31. The molecule has 1 aromatic heterocycles. The monoisotopic (exact) mass is 193 g/mol. The maximum Gasteiger partial charge on any atom is 0.253 e. The van der Waals surface area contributed by atoms with E-state index in [1.807, 2.05) is 6.92 Å². The Hall–Kier alpha value is -1.16. The summed E-state index contributed by atoms with van der Waals surface area (Å²) in [6, 6.07) is 1.65. The molecule has 0 spiro atoms. The van der Waals surface area contributed by atoms with Gasteiger partial charge in [-0.25, -0.2) is 4.98 Å². The molecule has 1 atom stereocenters. The zero-order chi connectivity index (χ0) is 10.1. The summed E-state index contributed by atoms with van der Waals surface area (Å²) >= 11 is 0. The predicted octanol–water partition coefficient (Wildman–Crippen LogP) is 0.289. The van der Waals surface area contributed by atoms with Crippen LogP contribution < -0.4 is 11.3 Å². The Balaban J connectivity index is 2.12. The van der Waals surface area contributed by atoms with Crippen molar-refractivity contribution < 1.29 is 0 Å². The summed E-state index contributed by atoms with van der Waals surface area (Å²) in [7, 11) is 0. The number of nitrogens with two attached hydrogens (primary N) is 1. The van der Waals surface area contributed by atoms with Gasteiger partial charge in [0.05, 0.1) is 6.33 Å². The first-order valence-corrected chi connectivity index (χ1v) is 4.95. The Bertz CT molecular complexity index is 381. The van der Waals surface area contributed by atoms with Crippen molar-refractivity contribution in [1.29, 1.82) is 0 Å². The highest BCUT2D eigenvalue weighted by atomic mass is 16.1. The summed E-state index contributed by atoms with van der Waals surface area (Å²) in [5.74, 6) is 0.614. The minimum absolute atomic E-state index is 0.00593. The second-order valence-corrected chi connectivity index (χ2v) is 4.02. The molecule has 2 N–H and O–H groups in total. The SMILES string of the molecule is Cc1cc(=O)n(CC(N)C2CC2)cn1. The summed E-state index contributed by atoms with van der Waals surface area (Å²) in [6.45, 7) is 2.41. The van der Waals surface area contributed by atoms with Crippen LogP contribution in [0.15, 0.2) is 17.2 Å². The van der Waals surface area contributed by atoms with Crippen molar-refractivity contribution in [3.05, 3.63) is 28.4 Å². The first kappa shape index (κ1) is 9.40. The molecule has 1 aliphatic rings. The Morgan fingerprint density at radius 3 is 3.00 bits per heavy atom. The van der Waals surface area contributed by atoms with Gasteiger partial charge in [-0.2, -0.15) is 0 Å². The summed E-state index contributed by atoms with van der Waals surface area (Å²) < 4.78 is 1.59. The van der Waals surface area contributed by atoms with Crippen LogP contribution in [-0.4, -0.2) is 15.6 Å². The lowest BCUT2D eigenvalue weighted by molar-refractivity contribution is 0.488. The maximum atomic E-state index is 11.5. The molecular formula is C10H15N3O. The molecular weight excluding hydrogens is 178 g/mol. The van der Waals surface area contributed by atoms with Gasteiger partial charge in [0.25, 0.3) is 5.56 Å². The molecule has 76 valence electrons. The Labute approximate surface area is 82.8 Å². The lowest BCUT2D eigenvalue weighted by atomic mass is 10.2. The van der Waals surface area contributed by atoms with Crippen LogP contribution in [-0.2, 0) is 6.54 Å². The van der Waals surface area contributed by atoms with E-state index in [0.29, 0.717) is 12.5 Å². The molecule has 1 aromatic rings. The Morgan fingerprint density at radius 2 is 2.43 bits per heavy atom. The molecule has 2 rings (SSSR count). The molecule has 0 amide bonds. The third kappa shape index (κ3) is 2.01. The zero-order valence-corrected chi connectivity index (χ0v) is 8.31. The maximum absolute atomic E-state index is 11.5. The molecule has 1 fully saturated rings. The average Bonchev–Trinajstić information content (AvgIpc) is 2.92. The largest absolute Gasteiger partial charge is 0.326 e. The van der Waals surface area contributed by atoms with Crippen molar-refractivity contribution in [1.82, 2.24) is 9.55 Å². The molecule has 4 heteroatoms. The van der Waals surface area contributed by atoms with Crippen LogP contribution in [0, 0.1) is 12.8 Å². The van der Waals surface area contributed by atoms with E-state index >= 15 is 0 Å². The van der Waals surface area contributed by atoms with E-state index in [2.05, 4.69) is 4.98 Å². The number of aryl methyl sites for hydroxylation is 1. The molecule has 0 saturated heterocycles. The van der Waals surface area contributed by atoms with Gasteiger partial charge >= 0.3 is 0 Å². The minimum atomic E-state index is -0.00593. The molecule has 0 aromatic carbocycles. The molecule has 4 nitrogen and oxygen atoms in total. The van der Waals surface area contributed by atoms with Crippen molar-refractivity contribution in [2.75, 3.05) is 0 Å². The summed E-state index contributed by atoms with van der Waals surface area (Å²) in [5, 5.41) is 0. The quantitative estimate of drug-likeness (QED) is 0.750. The van der Waals surface area contributed by atoms with Crippen LogP contribution in [0.3, 0.4) is 0 Å². The zero-order valence-electron chi connectivity index (χ0n) is 8.31. The van der Waals surface area contributed by atoms with Crippen LogP contribution in [0.25, 0.3) is 0 Å². The fourth-order valence-electron chi connectivity index (χ4n) is 1.55. The van der Waals surface area contributed by atoms with Crippen molar-refractivity contribution in [2.24, 2.45) is 11.7 Å². The number of hydrogen-bond acceptors (Lipinski definition) is 3. The van der Waals surface area contributed by atoms with Crippen LogP contribution in [0.4, 0.5) is 0 Å². The van der Waals surface area contributed by atoms with E-state index in [-0.39, 0.29) is 11.6 Å². The average molecular weight is 193 g/mol. The van der Waals surface area contributed by atoms with E-state index in [0.717, 1.165) is 5.69 Å². The van der Waals surface area contributed by atoms with E-state index in [9.17, 15) is 4.79 Å². The first-order valence-electron chi connectivity index (χ1n) is 4.95. The normalized spacial score (nSPS) is 18.1. The van der Waals surface area contributed by atoms with Gasteiger partial charge in [0.2, 0.25) is 0 Å². The molecule has 1 aliphatic carbocycles. The van der Waals surface area contributed by atoms with Gasteiger partial charge in [-0.3, -0.25) is 9.36 Å². The third-order valence-electron chi connectivity index (χ3n) is 2.65. The summed E-state index contributed by atoms with van der Waals surface area (Å²) in [6.07, 6.45) is 3.99. The van der Waals surface area contributed by atoms with Crippen LogP contribution in [0.5, 0.6) is 0 Å². The van der Waals surface area contributed by atoms with Crippen LogP contribution in [0.1, 0.15) is 18.5 Å². The molecule has 0 radical (unpaired) electrons. The molecule has 1 unspecified atom stereocenters. The standard InChI is InChI=1S/C10H15N3O/c1-7-4-10(14)13(6-12-7)5-9(11)8-2-3-8/h4,6,8-9H,2-3,5,11H2,1H3. The van der Waals surface area contributed by atoms with E-state index in [1.165, 1.54) is 12.8 Å². The molecule has 1 heterocycles. The predicted molar refractivity (Wildman–Crippen MR) is 53.9 cm³/mol. The minimum Gasteiger partial charge on any atom is -0.326 e. The fourth-order valence-corrected chi connectivity index (χ4v) is 1.55. The van der Waals surface area contributed by atoms with E-state index in [4.69, 9.17) is 5.73 Å². The van der Waals surface area contributed by atoms with Crippen molar-refractivity contribution in [3.8, 4) is 0 Å². The lowest BCUT2D eigenvalue weighted by Gasteiger charge is -2.11. The Morgan fingerprint density at radius 1 is 1.71 bits per heavy atom. The smallest absolute Gasteiger partial charge is 0.253 e. The highest BCUT2D eigenvalue weighted by molar-refractivity contribution is 4.97. The van der Waals surface area contributed by atoms with Crippen LogP contribution >= 0.6 is 0 Å². The number of hydrogen-bond donors (Lipinski definition) is 1. The molecule has 0 aliphatic heterocycles. The summed E-state index contributed by atoms with van der Waals surface area (Å²) in [5.41, 5.74) is 6.68. The third-order valence-corrected chi connectivity index (χ3v) is 2.65. The fraction of sp³-hybridized carbons (Fsp3) is 0.600. The lowest BCUT2D eigenvalue weighted by Crippen LogP contribution is -2.33. The molecule has 14 heavy (non-hydrogen) atoms. The second-order valence-electron chi connectivity index (χ2n) is 4.02. The topological polar surface area (TPSA) is 60.9 Å². The number of aromatic nitrogens is 2. The van der Waals surface area contributed by atoms with Gasteiger partial charge in [0, 0.05) is 24.3 Å². The highest BCUT2D eigenvalue weighted by Gasteiger charge is 2.28. The van der Waals surface area contributed by atoms with Crippen molar-refractivity contribution in [3.63, 3.8) is 0 Å². The van der Waals surface area contributed by atoms with Gasteiger partial charge < -0.3 is 5.73 Å². The van der Waals surface area contributed by atoms with Gasteiger partial charge in [0.15, 0.2) is 0 Å². The van der Waals surface area contributed by atoms with Crippen LogP contribution in [0.2, 0.25) is 0 Å². The van der Waals surface area contributed by atoms with E-state index < -0.39 is 0 Å². The molecule has 1 saturated carbocycles. The molecule has 0 bridgehead atoms. The van der Waals surface area contributed by atoms with Gasteiger partial charge in [0.1, 0.15) is 0 Å². The number of rotatable bonds is 3. The van der Waals surface area contributed by atoms with Crippen molar-refractivity contribution in [2.45, 2.75) is 32.4 Å². The van der Waals surface area contributed by atoms with Gasteiger partial charge in [-0.1, -0.05) is 0 Å². The van der Waals surface area contributed by atoms with E-state index in [1.54, 1.807) is 17.0 Å². The van der Waals surface area contributed by atoms with Crippen molar-refractivity contribution >= 4 is 0 Å².